The molecule has 1 aromatic heterocycles. The monoisotopic (exact) mass is 253 g/mol. The van der Waals surface area contributed by atoms with E-state index in [1.807, 2.05) is 24.3 Å². The molecule has 1 N–H and O–H groups in total. The maximum atomic E-state index is 11.9. The third-order valence-corrected chi connectivity index (χ3v) is 2.86. The van der Waals surface area contributed by atoms with E-state index in [0.29, 0.717) is 10.9 Å². The Kier molecular flexibility index (Phi) is 2.68. The minimum absolute atomic E-state index is 0.0834. The van der Waals surface area contributed by atoms with Gasteiger partial charge < -0.3 is 9.94 Å². The molecule has 0 saturated heterocycles. The molecule has 0 saturated carbocycles. The maximum absolute atomic E-state index is 11.9. The molecule has 3 aromatic rings. The van der Waals surface area contributed by atoms with Crippen molar-refractivity contribution in [3.8, 4) is 5.88 Å². The lowest BCUT2D eigenvalue weighted by molar-refractivity contribution is 0.0427. The van der Waals surface area contributed by atoms with Crippen molar-refractivity contribution >= 4 is 16.7 Å². The predicted molar refractivity (Wildman–Crippen MR) is 71.0 cm³/mol. The van der Waals surface area contributed by atoms with Crippen molar-refractivity contribution < 1.29 is 14.7 Å². The average Bonchev–Trinajstić information content (AvgIpc) is 2.77. The van der Waals surface area contributed by atoms with E-state index in [2.05, 4.69) is 0 Å². The van der Waals surface area contributed by atoms with Gasteiger partial charge in [0.05, 0.1) is 11.8 Å². The summed E-state index contributed by atoms with van der Waals surface area (Å²) in [6.07, 6.45) is 1.57. The summed E-state index contributed by atoms with van der Waals surface area (Å²) in [6, 6.07) is 15.9. The van der Waals surface area contributed by atoms with Crippen molar-refractivity contribution in [2.75, 3.05) is 0 Å². The van der Waals surface area contributed by atoms with Crippen LogP contribution in [0.15, 0.2) is 60.8 Å². The van der Waals surface area contributed by atoms with Gasteiger partial charge in [0, 0.05) is 10.8 Å². The largest absolute Gasteiger partial charge is 0.492 e. The van der Waals surface area contributed by atoms with Gasteiger partial charge in [0.25, 0.3) is 0 Å². The van der Waals surface area contributed by atoms with Gasteiger partial charge in [-0.15, -0.1) is 4.73 Å². The fourth-order valence-electron chi connectivity index (χ4n) is 1.91. The van der Waals surface area contributed by atoms with Gasteiger partial charge in [-0.25, -0.2) is 4.79 Å². The minimum Gasteiger partial charge on any atom is -0.492 e. The number of aromatic hydroxyl groups is 1. The smallest absolute Gasteiger partial charge is 0.363 e. The van der Waals surface area contributed by atoms with Crippen LogP contribution in [0, 0.1) is 0 Å². The van der Waals surface area contributed by atoms with Crippen molar-refractivity contribution in [1.29, 1.82) is 0 Å². The first-order chi connectivity index (χ1) is 9.25. The van der Waals surface area contributed by atoms with Crippen LogP contribution in [0.25, 0.3) is 10.8 Å². The standard InChI is InChI=1S/C15H11NO3/c17-14-13-9-5-4-8-12(13)10-16(14)19-15(18)11-6-2-1-3-7-11/h1-10,17H. The Morgan fingerprint density at radius 3 is 2.42 bits per heavy atom. The van der Waals surface area contributed by atoms with Gasteiger partial charge in [0.15, 0.2) is 0 Å². The van der Waals surface area contributed by atoms with Crippen LogP contribution in [0.4, 0.5) is 0 Å². The minimum atomic E-state index is -0.517. The number of hydrogen-bond acceptors (Lipinski definition) is 3. The van der Waals surface area contributed by atoms with Crippen molar-refractivity contribution in [2.45, 2.75) is 0 Å². The topological polar surface area (TPSA) is 51.5 Å². The summed E-state index contributed by atoms with van der Waals surface area (Å²) < 4.78 is 1.08. The zero-order valence-corrected chi connectivity index (χ0v) is 9.98. The molecule has 1 heterocycles. The highest BCUT2D eigenvalue weighted by molar-refractivity contribution is 5.91. The second kappa shape index (κ2) is 4.49. The molecule has 2 aromatic carbocycles. The van der Waals surface area contributed by atoms with Crippen LogP contribution in [-0.2, 0) is 0 Å². The summed E-state index contributed by atoms with van der Waals surface area (Å²) in [7, 11) is 0. The molecule has 0 unspecified atom stereocenters. The van der Waals surface area contributed by atoms with Crippen molar-refractivity contribution in [3.05, 3.63) is 66.4 Å². The lowest BCUT2D eigenvalue weighted by atomic mass is 10.2. The summed E-state index contributed by atoms with van der Waals surface area (Å²) in [4.78, 5) is 17.0. The van der Waals surface area contributed by atoms with Crippen LogP contribution in [0.1, 0.15) is 10.4 Å². The van der Waals surface area contributed by atoms with Crippen LogP contribution in [0.2, 0.25) is 0 Å². The van der Waals surface area contributed by atoms with Gasteiger partial charge in [-0.05, 0) is 18.2 Å². The molecule has 0 aliphatic carbocycles. The van der Waals surface area contributed by atoms with E-state index >= 15 is 0 Å². The zero-order chi connectivity index (χ0) is 13.2. The molecular weight excluding hydrogens is 242 g/mol. The van der Waals surface area contributed by atoms with E-state index in [-0.39, 0.29) is 5.88 Å². The molecule has 0 aliphatic rings. The molecule has 0 fully saturated rings. The Hall–Kier alpha value is -2.75. The lowest BCUT2D eigenvalue weighted by Crippen LogP contribution is -2.18. The molecule has 4 nitrogen and oxygen atoms in total. The predicted octanol–water partition coefficient (Wildman–Crippen LogP) is 2.62. The lowest BCUT2D eigenvalue weighted by Gasteiger charge is -2.05. The molecule has 19 heavy (non-hydrogen) atoms. The van der Waals surface area contributed by atoms with E-state index in [0.717, 1.165) is 10.1 Å². The molecular formula is C15H11NO3. The number of nitrogens with zero attached hydrogens (tertiary/aromatic N) is 1. The van der Waals surface area contributed by atoms with Gasteiger partial charge in [0.2, 0.25) is 5.88 Å². The van der Waals surface area contributed by atoms with E-state index < -0.39 is 5.97 Å². The normalized spacial score (nSPS) is 10.5. The summed E-state index contributed by atoms with van der Waals surface area (Å²) in [6.45, 7) is 0. The molecule has 0 radical (unpaired) electrons. The Morgan fingerprint density at radius 2 is 1.68 bits per heavy atom. The zero-order valence-electron chi connectivity index (χ0n) is 9.98. The average molecular weight is 253 g/mol. The van der Waals surface area contributed by atoms with E-state index in [1.54, 1.807) is 36.5 Å². The third-order valence-electron chi connectivity index (χ3n) is 2.86. The molecule has 0 bridgehead atoms. The summed E-state index contributed by atoms with van der Waals surface area (Å²) in [5.74, 6) is -0.601. The van der Waals surface area contributed by atoms with Crippen molar-refractivity contribution in [3.63, 3.8) is 0 Å². The number of hydrogen-bond donors (Lipinski definition) is 1. The molecule has 4 heteroatoms. The molecule has 0 aliphatic heterocycles. The highest BCUT2D eigenvalue weighted by atomic mass is 16.7. The highest BCUT2D eigenvalue weighted by Crippen LogP contribution is 2.25. The van der Waals surface area contributed by atoms with Gasteiger partial charge >= 0.3 is 5.97 Å². The summed E-state index contributed by atoms with van der Waals surface area (Å²) in [5, 5.41) is 11.4. The molecule has 3 rings (SSSR count). The molecule has 0 spiro atoms. The van der Waals surface area contributed by atoms with Crippen LogP contribution in [-0.4, -0.2) is 15.8 Å². The quantitative estimate of drug-likeness (QED) is 0.763. The first-order valence-corrected chi connectivity index (χ1v) is 5.82. The fraction of sp³-hybridized carbons (Fsp3) is 0. The highest BCUT2D eigenvalue weighted by Gasteiger charge is 2.13. The van der Waals surface area contributed by atoms with Gasteiger partial charge in [-0.3, -0.25) is 0 Å². The first kappa shape index (κ1) is 11.3. The number of aromatic nitrogens is 1. The number of carbonyl (C=O) groups excluding carboxylic acids is 1. The van der Waals surface area contributed by atoms with Gasteiger partial charge in [0.1, 0.15) is 0 Å². The van der Waals surface area contributed by atoms with E-state index in [9.17, 15) is 9.90 Å². The van der Waals surface area contributed by atoms with Crippen LogP contribution < -0.4 is 4.84 Å². The summed E-state index contributed by atoms with van der Waals surface area (Å²) >= 11 is 0. The third kappa shape index (κ3) is 2.04. The fourth-order valence-corrected chi connectivity index (χ4v) is 1.91. The second-order valence-electron chi connectivity index (χ2n) is 4.11. The first-order valence-electron chi connectivity index (χ1n) is 5.82. The van der Waals surface area contributed by atoms with E-state index in [1.165, 1.54) is 0 Å². The number of carbonyl (C=O) groups is 1. The van der Waals surface area contributed by atoms with Crippen molar-refractivity contribution in [1.82, 2.24) is 4.73 Å². The molecule has 0 amide bonds. The Balaban J connectivity index is 1.94. The number of fused-ring (bicyclic) bond motifs is 1. The maximum Gasteiger partial charge on any atom is 0.363 e. The van der Waals surface area contributed by atoms with Crippen LogP contribution in [0.3, 0.4) is 0 Å². The number of rotatable bonds is 2. The van der Waals surface area contributed by atoms with Crippen LogP contribution >= 0.6 is 0 Å². The Morgan fingerprint density at radius 1 is 1.00 bits per heavy atom. The summed E-state index contributed by atoms with van der Waals surface area (Å²) in [5.41, 5.74) is 0.430. The van der Waals surface area contributed by atoms with Gasteiger partial charge in [-0.2, -0.15) is 0 Å². The van der Waals surface area contributed by atoms with Crippen LogP contribution in [0.5, 0.6) is 5.88 Å². The molecule has 0 atom stereocenters. The molecule has 94 valence electrons. The number of benzene rings is 2. The van der Waals surface area contributed by atoms with Crippen molar-refractivity contribution in [2.24, 2.45) is 0 Å². The Labute approximate surface area is 109 Å². The second-order valence-corrected chi connectivity index (χ2v) is 4.11. The van der Waals surface area contributed by atoms with E-state index in [4.69, 9.17) is 4.84 Å². The van der Waals surface area contributed by atoms with Gasteiger partial charge in [-0.1, -0.05) is 36.4 Å². The Bertz CT molecular complexity index is 731. The SMILES string of the molecule is O=C(On1cc2ccccc2c1O)c1ccccc1.